The van der Waals surface area contributed by atoms with E-state index in [1.54, 1.807) is 11.8 Å². The minimum atomic E-state index is 0.610. The fourth-order valence-electron chi connectivity index (χ4n) is 1.68. The number of thioether (sulfide) groups is 1. The molecule has 0 saturated heterocycles. The third-order valence-corrected chi connectivity index (χ3v) is 3.98. The van der Waals surface area contributed by atoms with Gasteiger partial charge in [-0.1, -0.05) is 37.4 Å². The number of rotatable bonds is 10. The molecule has 0 fully saturated rings. The van der Waals surface area contributed by atoms with Gasteiger partial charge in [0.1, 0.15) is 0 Å². The minimum absolute atomic E-state index is 0.610. The minimum Gasteiger partial charge on any atom is -0.384 e. The first-order valence-corrected chi connectivity index (χ1v) is 7.88. The first-order valence-electron chi connectivity index (χ1n) is 6.90. The molecule has 0 atom stereocenters. The van der Waals surface area contributed by atoms with Crippen LogP contribution in [-0.4, -0.2) is 19.6 Å². The van der Waals surface area contributed by atoms with Crippen molar-refractivity contribution in [2.75, 3.05) is 19.6 Å². The average Bonchev–Trinajstić information content (AvgIpc) is 2.49. The van der Waals surface area contributed by atoms with Crippen molar-refractivity contribution < 1.29 is 0 Å². The van der Waals surface area contributed by atoms with Crippen molar-refractivity contribution in [3.05, 3.63) is 53.5 Å². The molecule has 0 spiro atoms. The van der Waals surface area contributed by atoms with Crippen LogP contribution < -0.4 is 16.8 Å². The monoisotopic (exact) mass is 291 g/mol. The Balaban J connectivity index is 2.42. The van der Waals surface area contributed by atoms with E-state index in [1.165, 1.54) is 10.5 Å². The van der Waals surface area contributed by atoms with Crippen LogP contribution >= 0.6 is 11.8 Å². The Labute approximate surface area is 126 Å². The Morgan fingerprint density at radius 2 is 1.80 bits per heavy atom. The zero-order chi connectivity index (χ0) is 14.8. The molecule has 1 aromatic carbocycles. The Kier molecular flexibility index (Phi) is 8.11. The summed E-state index contributed by atoms with van der Waals surface area (Å²) in [7, 11) is 0. The molecule has 0 aliphatic rings. The van der Waals surface area contributed by atoms with E-state index < -0.39 is 0 Å². The van der Waals surface area contributed by atoms with Crippen LogP contribution in [0, 0.1) is 0 Å². The Morgan fingerprint density at radius 3 is 2.40 bits per heavy atom. The normalized spacial score (nSPS) is 10.3. The summed E-state index contributed by atoms with van der Waals surface area (Å²) in [5.74, 6) is 0.951. The van der Waals surface area contributed by atoms with E-state index in [0.29, 0.717) is 6.54 Å². The molecule has 1 rings (SSSR count). The molecule has 0 unspecified atom stereocenters. The first-order chi connectivity index (χ1) is 9.67. The Hall–Kier alpha value is -1.23. The van der Waals surface area contributed by atoms with Gasteiger partial charge in [0, 0.05) is 24.5 Å². The van der Waals surface area contributed by atoms with E-state index in [9.17, 15) is 0 Å². The molecule has 4 heteroatoms. The van der Waals surface area contributed by atoms with E-state index >= 15 is 0 Å². The van der Waals surface area contributed by atoms with Crippen LogP contribution in [0.1, 0.15) is 24.0 Å². The molecular weight excluding hydrogens is 266 g/mol. The fraction of sp³-hybridized carbons (Fsp3) is 0.375. The molecule has 0 aliphatic heterocycles. The lowest BCUT2D eigenvalue weighted by atomic mass is 10.1. The van der Waals surface area contributed by atoms with Gasteiger partial charge in [-0.3, -0.25) is 0 Å². The second-order valence-electron chi connectivity index (χ2n) is 4.61. The summed E-state index contributed by atoms with van der Waals surface area (Å²) in [4.78, 5) is 1.20. The standard InChI is InChI=1S/C16H25N3S/c1-13(4-3-9-17)20-12-15-5-7-16(8-6-15)14(2)19-11-10-18/h5-8,19H,1-4,9-12,17-18H2. The summed E-state index contributed by atoms with van der Waals surface area (Å²) >= 11 is 1.79. The molecule has 110 valence electrons. The fourth-order valence-corrected chi connectivity index (χ4v) is 2.54. The van der Waals surface area contributed by atoms with Crippen LogP contribution in [0.3, 0.4) is 0 Å². The van der Waals surface area contributed by atoms with E-state index in [2.05, 4.69) is 42.7 Å². The molecule has 0 saturated carbocycles. The Bertz CT molecular complexity index is 426. The maximum absolute atomic E-state index is 5.49. The number of hydrogen-bond acceptors (Lipinski definition) is 4. The molecule has 0 radical (unpaired) electrons. The quantitative estimate of drug-likeness (QED) is 0.620. The Morgan fingerprint density at radius 1 is 1.10 bits per heavy atom. The van der Waals surface area contributed by atoms with Crippen LogP contribution in [0.5, 0.6) is 0 Å². The zero-order valence-corrected chi connectivity index (χ0v) is 12.8. The topological polar surface area (TPSA) is 64.1 Å². The van der Waals surface area contributed by atoms with Gasteiger partial charge in [-0.25, -0.2) is 0 Å². The van der Waals surface area contributed by atoms with E-state index in [-0.39, 0.29) is 0 Å². The number of nitrogens with two attached hydrogens (primary N) is 2. The highest BCUT2D eigenvalue weighted by atomic mass is 32.2. The highest BCUT2D eigenvalue weighted by molar-refractivity contribution is 8.02. The summed E-state index contributed by atoms with van der Waals surface area (Å²) in [5, 5.41) is 3.19. The molecule has 5 N–H and O–H groups in total. The van der Waals surface area contributed by atoms with Crippen LogP contribution in [-0.2, 0) is 5.75 Å². The lowest BCUT2D eigenvalue weighted by molar-refractivity contribution is 0.849. The van der Waals surface area contributed by atoms with Crippen molar-refractivity contribution in [2.24, 2.45) is 11.5 Å². The van der Waals surface area contributed by atoms with Gasteiger partial charge >= 0.3 is 0 Å². The first kappa shape index (κ1) is 16.8. The third-order valence-electron chi connectivity index (χ3n) is 2.89. The SMILES string of the molecule is C=C(CCCN)SCc1ccc(C(=C)NCCN)cc1. The van der Waals surface area contributed by atoms with E-state index in [1.807, 2.05) is 0 Å². The van der Waals surface area contributed by atoms with Crippen LogP contribution in [0.2, 0.25) is 0 Å². The lowest BCUT2D eigenvalue weighted by Gasteiger charge is -2.10. The van der Waals surface area contributed by atoms with Gasteiger partial charge in [0.25, 0.3) is 0 Å². The summed E-state index contributed by atoms with van der Waals surface area (Å²) in [6.45, 7) is 10.1. The van der Waals surface area contributed by atoms with Gasteiger partial charge in [-0.15, -0.1) is 11.8 Å². The third kappa shape index (κ3) is 6.28. The summed E-state index contributed by atoms with van der Waals surface area (Å²) in [6, 6.07) is 8.44. The van der Waals surface area contributed by atoms with Gasteiger partial charge < -0.3 is 16.8 Å². The van der Waals surface area contributed by atoms with Crippen molar-refractivity contribution in [1.29, 1.82) is 0 Å². The highest BCUT2D eigenvalue weighted by Crippen LogP contribution is 2.24. The summed E-state index contributed by atoms with van der Waals surface area (Å²) < 4.78 is 0. The number of allylic oxidation sites excluding steroid dienone is 1. The number of nitrogens with one attached hydrogen (secondary N) is 1. The highest BCUT2D eigenvalue weighted by Gasteiger charge is 2.00. The molecule has 3 nitrogen and oxygen atoms in total. The van der Waals surface area contributed by atoms with Crippen molar-refractivity contribution in [3.8, 4) is 0 Å². The van der Waals surface area contributed by atoms with E-state index in [0.717, 1.165) is 42.9 Å². The maximum Gasteiger partial charge on any atom is 0.0341 e. The predicted molar refractivity (Wildman–Crippen MR) is 91.3 cm³/mol. The smallest absolute Gasteiger partial charge is 0.0341 e. The van der Waals surface area contributed by atoms with Crippen molar-refractivity contribution in [3.63, 3.8) is 0 Å². The second kappa shape index (κ2) is 9.64. The van der Waals surface area contributed by atoms with Crippen LogP contribution in [0.25, 0.3) is 5.70 Å². The van der Waals surface area contributed by atoms with Crippen LogP contribution in [0.4, 0.5) is 0 Å². The molecule has 0 aliphatic carbocycles. The zero-order valence-electron chi connectivity index (χ0n) is 12.0. The van der Waals surface area contributed by atoms with Gasteiger partial charge in [-0.05, 0) is 35.4 Å². The summed E-state index contributed by atoms with van der Waals surface area (Å²) in [6.07, 6.45) is 2.01. The largest absolute Gasteiger partial charge is 0.384 e. The van der Waals surface area contributed by atoms with Gasteiger partial charge in [0.05, 0.1) is 0 Å². The van der Waals surface area contributed by atoms with Gasteiger partial charge in [0.2, 0.25) is 0 Å². The van der Waals surface area contributed by atoms with E-state index in [4.69, 9.17) is 11.5 Å². The summed E-state index contributed by atoms with van der Waals surface area (Å²) in [5.41, 5.74) is 14.3. The number of benzene rings is 1. The van der Waals surface area contributed by atoms with Crippen molar-refractivity contribution in [2.45, 2.75) is 18.6 Å². The maximum atomic E-state index is 5.49. The number of hydrogen-bond donors (Lipinski definition) is 3. The molecule has 20 heavy (non-hydrogen) atoms. The second-order valence-corrected chi connectivity index (χ2v) is 5.77. The lowest BCUT2D eigenvalue weighted by Crippen LogP contribution is -2.20. The molecular formula is C16H25N3S. The predicted octanol–water partition coefficient (Wildman–Crippen LogP) is 2.69. The molecule has 0 bridgehead atoms. The van der Waals surface area contributed by atoms with Crippen LogP contribution in [0.15, 0.2) is 42.3 Å². The molecule has 0 aromatic heterocycles. The molecule has 0 heterocycles. The van der Waals surface area contributed by atoms with Gasteiger partial charge in [-0.2, -0.15) is 0 Å². The molecule has 1 aromatic rings. The molecule has 0 amide bonds. The van der Waals surface area contributed by atoms with Gasteiger partial charge in [0.15, 0.2) is 0 Å². The van der Waals surface area contributed by atoms with Crippen molar-refractivity contribution in [1.82, 2.24) is 5.32 Å². The average molecular weight is 291 g/mol. The van der Waals surface area contributed by atoms with Crippen molar-refractivity contribution >= 4 is 17.5 Å².